The average molecular weight is 189 g/mol. The van der Waals surface area contributed by atoms with Crippen LogP contribution in [0.3, 0.4) is 0 Å². The Kier molecular flexibility index (Phi) is 3.72. The summed E-state index contributed by atoms with van der Waals surface area (Å²) in [5, 5.41) is 8.85. The second-order valence-electron chi connectivity index (χ2n) is 3.08. The van der Waals surface area contributed by atoms with Crippen LogP contribution in [0.5, 0.6) is 0 Å². The van der Waals surface area contributed by atoms with Crippen molar-refractivity contribution >= 4 is 17.9 Å². The first-order valence-corrected chi connectivity index (χ1v) is 5.63. The molecule has 1 amide bonds. The summed E-state index contributed by atoms with van der Waals surface area (Å²) in [5.74, 6) is 0.937. The minimum Gasteiger partial charge on any atom is -0.465 e. The first-order chi connectivity index (χ1) is 5.75. The lowest BCUT2D eigenvalue weighted by atomic mass is 10.0. The Morgan fingerprint density at radius 1 is 1.67 bits per heavy atom. The second-order valence-corrected chi connectivity index (χ2v) is 3.99. The summed E-state index contributed by atoms with van der Waals surface area (Å²) < 4.78 is 0. The molecule has 0 bridgehead atoms. The molecule has 1 aliphatic heterocycles. The van der Waals surface area contributed by atoms with Gasteiger partial charge >= 0.3 is 6.09 Å². The van der Waals surface area contributed by atoms with Gasteiger partial charge < -0.3 is 10.0 Å². The van der Waals surface area contributed by atoms with Crippen LogP contribution >= 0.6 is 11.8 Å². The fraction of sp³-hybridized carbons (Fsp3) is 0.875. The van der Waals surface area contributed by atoms with Crippen LogP contribution in [0.15, 0.2) is 0 Å². The summed E-state index contributed by atoms with van der Waals surface area (Å²) in [6.07, 6.45) is 4.50. The van der Waals surface area contributed by atoms with E-state index >= 15 is 0 Å². The molecule has 0 aromatic rings. The van der Waals surface area contributed by atoms with E-state index in [2.05, 4.69) is 0 Å². The number of carbonyl (C=O) groups is 1. The zero-order valence-corrected chi connectivity index (χ0v) is 8.14. The molecule has 1 fully saturated rings. The van der Waals surface area contributed by atoms with Crippen molar-refractivity contribution in [1.82, 2.24) is 4.90 Å². The normalized spacial score (nSPS) is 24.1. The van der Waals surface area contributed by atoms with Crippen molar-refractivity contribution < 1.29 is 9.90 Å². The Morgan fingerprint density at radius 3 is 3.00 bits per heavy atom. The fourth-order valence-corrected chi connectivity index (χ4v) is 2.35. The molecule has 0 aromatic heterocycles. The maximum atomic E-state index is 10.8. The second kappa shape index (κ2) is 4.60. The van der Waals surface area contributed by atoms with Gasteiger partial charge in [-0.05, 0) is 25.5 Å². The minimum absolute atomic E-state index is 0.256. The molecule has 0 spiro atoms. The molecule has 0 radical (unpaired) electrons. The van der Waals surface area contributed by atoms with E-state index in [4.69, 9.17) is 5.11 Å². The highest BCUT2D eigenvalue weighted by molar-refractivity contribution is 7.98. The molecule has 1 atom stereocenters. The minimum atomic E-state index is -0.756. The summed E-state index contributed by atoms with van der Waals surface area (Å²) in [6, 6.07) is 0.256. The van der Waals surface area contributed by atoms with Crippen LogP contribution in [-0.2, 0) is 0 Å². The van der Waals surface area contributed by atoms with Gasteiger partial charge in [0.05, 0.1) is 0 Å². The Hall–Kier alpha value is -0.380. The predicted octanol–water partition coefficient (Wildman–Crippen LogP) is 1.88. The van der Waals surface area contributed by atoms with Gasteiger partial charge in [-0.15, -0.1) is 0 Å². The molecule has 70 valence electrons. The van der Waals surface area contributed by atoms with Crippen LogP contribution in [0.4, 0.5) is 4.79 Å². The molecule has 1 heterocycles. The molecule has 12 heavy (non-hydrogen) atoms. The third-order valence-corrected chi connectivity index (χ3v) is 2.95. The molecule has 0 aliphatic carbocycles. The fourth-order valence-electron chi connectivity index (χ4n) is 1.62. The van der Waals surface area contributed by atoms with Crippen LogP contribution in [0.2, 0.25) is 0 Å². The lowest BCUT2D eigenvalue weighted by Gasteiger charge is -2.32. The summed E-state index contributed by atoms with van der Waals surface area (Å²) in [6.45, 7) is 0.723. The SMILES string of the molecule is CSCC1CCCCN1C(=O)O. The Balaban J connectivity index is 2.48. The molecule has 0 aromatic carbocycles. The largest absolute Gasteiger partial charge is 0.465 e. The molecule has 1 N–H and O–H groups in total. The first kappa shape index (κ1) is 9.71. The van der Waals surface area contributed by atoms with E-state index in [9.17, 15) is 4.79 Å². The van der Waals surface area contributed by atoms with E-state index in [0.29, 0.717) is 0 Å². The van der Waals surface area contributed by atoms with Crippen LogP contribution in [0.25, 0.3) is 0 Å². The van der Waals surface area contributed by atoms with Crippen molar-refractivity contribution in [1.29, 1.82) is 0 Å². The highest BCUT2D eigenvalue weighted by Crippen LogP contribution is 2.19. The monoisotopic (exact) mass is 189 g/mol. The highest BCUT2D eigenvalue weighted by Gasteiger charge is 2.25. The third-order valence-electron chi connectivity index (χ3n) is 2.23. The number of rotatable bonds is 2. The molecular formula is C8H15NO2S. The number of amides is 1. The van der Waals surface area contributed by atoms with Crippen LogP contribution in [0, 0.1) is 0 Å². The molecule has 4 heteroatoms. The van der Waals surface area contributed by atoms with Crippen molar-refractivity contribution in [3.63, 3.8) is 0 Å². The quantitative estimate of drug-likeness (QED) is 0.721. The molecule has 1 aliphatic rings. The third kappa shape index (κ3) is 2.30. The zero-order chi connectivity index (χ0) is 8.97. The van der Waals surface area contributed by atoms with E-state index in [0.717, 1.165) is 25.1 Å². The van der Waals surface area contributed by atoms with E-state index in [-0.39, 0.29) is 6.04 Å². The lowest BCUT2D eigenvalue weighted by Crippen LogP contribution is -2.44. The summed E-state index contributed by atoms with van der Waals surface area (Å²) in [7, 11) is 0. The Bertz CT molecular complexity index is 161. The molecule has 0 saturated carbocycles. The molecule has 1 unspecified atom stereocenters. The van der Waals surface area contributed by atoms with Gasteiger partial charge in [-0.3, -0.25) is 0 Å². The van der Waals surface area contributed by atoms with Crippen LogP contribution in [-0.4, -0.2) is 40.7 Å². The number of hydrogen-bond acceptors (Lipinski definition) is 2. The van der Waals surface area contributed by atoms with Gasteiger partial charge in [0.2, 0.25) is 0 Å². The Labute approximate surface area is 77.1 Å². The Morgan fingerprint density at radius 2 is 2.42 bits per heavy atom. The highest BCUT2D eigenvalue weighted by atomic mass is 32.2. The lowest BCUT2D eigenvalue weighted by molar-refractivity contribution is 0.113. The number of hydrogen-bond donors (Lipinski definition) is 1. The first-order valence-electron chi connectivity index (χ1n) is 4.24. The maximum Gasteiger partial charge on any atom is 0.407 e. The van der Waals surface area contributed by atoms with E-state index in [1.165, 1.54) is 6.42 Å². The summed E-state index contributed by atoms with van der Waals surface area (Å²) in [5.41, 5.74) is 0. The van der Waals surface area contributed by atoms with Gasteiger partial charge in [-0.1, -0.05) is 0 Å². The topological polar surface area (TPSA) is 40.5 Å². The molecule has 1 rings (SSSR count). The van der Waals surface area contributed by atoms with Crippen molar-refractivity contribution in [3.8, 4) is 0 Å². The van der Waals surface area contributed by atoms with Gasteiger partial charge in [0.1, 0.15) is 0 Å². The molecular weight excluding hydrogens is 174 g/mol. The maximum absolute atomic E-state index is 10.8. The summed E-state index contributed by atoms with van der Waals surface area (Å²) in [4.78, 5) is 12.3. The van der Waals surface area contributed by atoms with Gasteiger partial charge in [0.15, 0.2) is 0 Å². The molecule has 1 saturated heterocycles. The number of thioether (sulfide) groups is 1. The van der Waals surface area contributed by atoms with Gasteiger partial charge in [-0.2, -0.15) is 11.8 Å². The van der Waals surface area contributed by atoms with Gasteiger partial charge in [-0.25, -0.2) is 4.79 Å². The van der Waals surface area contributed by atoms with E-state index in [1.54, 1.807) is 16.7 Å². The summed E-state index contributed by atoms with van der Waals surface area (Å²) >= 11 is 1.72. The number of carboxylic acid groups (broad SMARTS) is 1. The number of likely N-dealkylation sites (tertiary alicyclic amines) is 1. The smallest absolute Gasteiger partial charge is 0.407 e. The average Bonchev–Trinajstić information content (AvgIpc) is 2.05. The van der Waals surface area contributed by atoms with Gasteiger partial charge in [0.25, 0.3) is 0 Å². The van der Waals surface area contributed by atoms with Crippen molar-refractivity contribution in [2.75, 3.05) is 18.6 Å². The van der Waals surface area contributed by atoms with Crippen LogP contribution in [0.1, 0.15) is 19.3 Å². The van der Waals surface area contributed by atoms with Crippen molar-refractivity contribution in [3.05, 3.63) is 0 Å². The molecule has 3 nitrogen and oxygen atoms in total. The standard InChI is InChI=1S/C8H15NO2S/c1-12-6-7-4-2-3-5-9(7)8(10)11/h7H,2-6H2,1H3,(H,10,11). The number of nitrogens with zero attached hydrogens (tertiary/aromatic N) is 1. The van der Waals surface area contributed by atoms with Crippen molar-refractivity contribution in [2.45, 2.75) is 25.3 Å². The zero-order valence-electron chi connectivity index (χ0n) is 7.32. The predicted molar refractivity (Wildman–Crippen MR) is 50.8 cm³/mol. The van der Waals surface area contributed by atoms with E-state index in [1.807, 2.05) is 6.26 Å². The van der Waals surface area contributed by atoms with Gasteiger partial charge in [0, 0.05) is 18.3 Å². The van der Waals surface area contributed by atoms with E-state index < -0.39 is 6.09 Å². The van der Waals surface area contributed by atoms with Crippen LogP contribution < -0.4 is 0 Å². The number of piperidine rings is 1. The van der Waals surface area contributed by atoms with Crippen molar-refractivity contribution in [2.24, 2.45) is 0 Å².